The molecule has 1 aromatic heterocycles. The maximum atomic E-state index is 5.70. The van der Waals surface area contributed by atoms with Gasteiger partial charge in [0.05, 0.1) is 12.2 Å². The fourth-order valence-corrected chi connectivity index (χ4v) is 1.60. The van der Waals surface area contributed by atoms with E-state index in [0.717, 1.165) is 26.2 Å². The summed E-state index contributed by atoms with van der Waals surface area (Å²) >= 11 is 0. The third kappa shape index (κ3) is 6.49. The average molecular weight is 238 g/mol. The minimum absolute atomic E-state index is 0.0430. The molecule has 1 rings (SSSR count). The zero-order valence-corrected chi connectivity index (χ0v) is 11.6. The van der Waals surface area contributed by atoms with Gasteiger partial charge < -0.3 is 14.6 Å². The van der Waals surface area contributed by atoms with Gasteiger partial charge in [-0.1, -0.05) is 6.92 Å². The van der Waals surface area contributed by atoms with Crippen molar-refractivity contribution in [2.75, 3.05) is 13.2 Å². The number of ether oxygens (including phenoxy) is 1. The zero-order chi connectivity index (χ0) is 12.7. The van der Waals surface area contributed by atoms with Crippen molar-refractivity contribution >= 4 is 0 Å². The highest BCUT2D eigenvalue weighted by molar-refractivity contribution is 5.09. The van der Waals surface area contributed by atoms with Gasteiger partial charge in [-0.05, 0) is 45.4 Å². The molecule has 1 N–H and O–H groups in total. The second kappa shape index (κ2) is 6.82. The van der Waals surface area contributed by atoms with Crippen LogP contribution in [0, 0.1) is 0 Å². The second-order valence-electron chi connectivity index (χ2n) is 5.40. The lowest BCUT2D eigenvalue weighted by Gasteiger charge is -2.19. The molecule has 0 aromatic carbocycles. The monoisotopic (exact) mass is 238 g/mol. The first-order chi connectivity index (χ1) is 8.01. The van der Waals surface area contributed by atoms with E-state index < -0.39 is 0 Å². The van der Waals surface area contributed by atoms with E-state index in [-0.39, 0.29) is 5.60 Å². The van der Waals surface area contributed by atoms with Crippen LogP contribution in [0.5, 0.6) is 0 Å². The molecule has 17 heavy (non-hydrogen) atoms. The molecular formula is C14H26N2O. The molecule has 98 valence electrons. The first-order valence-electron chi connectivity index (χ1n) is 6.50. The number of rotatable bonds is 7. The average Bonchev–Trinajstić information content (AvgIpc) is 2.64. The van der Waals surface area contributed by atoms with Gasteiger partial charge in [-0.25, -0.2) is 0 Å². The Morgan fingerprint density at radius 2 is 2.12 bits per heavy atom. The van der Waals surface area contributed by atoms with Crippen LogP contribution >= 0.6 is 0 Å². The lowest BCUT2D eigenvalue weighted by Crippen LogP contribution is -2.21. The van der Waals surface area contributed by atoms with E-state index in [1.165, 1.54) is 12.0 Å². The highest BCUT2D eigenvalue weighted by Gasteiger charge is 2.09. The van der Waals surface area contributed by atoms with Gasteiger partial charge in [-0.2, -0.15) is 0 Å². The third-order valence-corrected chi connectivity index (χ3v) is 2.45. The standard InChI is InChI=1S/C14H26N2O/c1-5-7-15-11-13-6-8-16(12-13)9-10-17-14(2,3)4/h6,8,12,15H,5,7,9-11H2,1-4H3. The van der Waals surface area contributed by atoms with E-state index in [1.807, 2.05) is 0 Å². The molecule has 3 heteroatoms. The number of nitrogens with one attached hydrogen (secondary N) is 1. The van der Waals surface area contributed by atoms with E-state index >= 15 is 0 Å². The number of nitrogens with zero attached hydrogens (tertiary/aromatic N) is 1. The predicted octanol–water partition coefficient (Wildman–Crippen LogP) is 2.80. The van der Waals surface area contributed by atoms with E-state index in [4.69, 9.17) is 4.74 Å². The van der Waals surface area contributed by atoms with Gasteiger partial charge in [0.15, 0.2) is 0 Å². The van der Waals surface area contributed by atoms with Crippen LogP contribution in [0.25, 0.3) is 0 Å². The second-order valence-corrected chi connectivity index (χ2v) is 5.40. The van der Waals surface area contributed by atoms with E-state index in [0.29, 0.717) is 0 Å². The molecule has 0 aliphatic carbocycles. The molecule has 0 unspecified atom stereocenters. The van der Waals surface area contributed by atoms with Gasteiger partial charge in [0.25, 0.3) is 0 Å². The van der Waals surface area contributed by atoms with Crippen molar-refractivity contribution in [2.24, 2.45) is 0 Å². The Hall–Kier alpha value is -0.800. The van der Waals surface area contributed by atoms with Gasteiger partial charge in [0.2, 0.25) is 0 Å². The Morgan fingerprint density at radius 3 is 2.76 bits per heavy atom. The zero-order valence-electron chi connectivity index (χ0n) is 11.6. The summed E-state index contributed by atoms with van der Waals surface area (Å²) in [5.41, 5.74) is 1.30. The van der Waals surface area contributed by atoms with Gasteiger partial charge in [-0.3, -0.25) is 0 Å². The predicted molar refractivity (Wildman–Crippen MR) is 72.1 cm³/mol. The maximum absolute atomic E-state index is 5.70. The Labute approximate surface area is 105 Å². The highest BCUT2D eigenvalue weighted by Crippen LogP contribution is 2.07. The van der Waals surface area contributed by atoms with Gasteiger partial charge >= 0.3 is 0 Å². The summed E-state index contributed by atoms with van der Waals surface area (Å²) in [6.45, 7) is 12.2. The molecule has 1 aromatic rings. The lowest BCUT2D eigenvalue weighted by atomic mass is 10.2. The van der Waals surface area contributed by atoms with Crippen LogP contribution in [-0.2, 0) is 17.8 Å². The SMILES string of the molecule is CCCNCc1ccn(CCOC(C)(C)C)c1. The van der Waals surface area contributed by atoms with Gasteiger partial charge in [-0.15, -0.1) is 0 Å². The molecule has 3 nitrogen and oxygen atoms in total. The van der Waals surface area contributed by atoms with E-state index in [2.05, 4.69) is 56.0 Å². The summed E-state index contributed by atoms with van der Waals surface area (Å²) in [7, 11) is 0. The number of aromatic nitrogens is 1. The first-order valence-corrected chi connectivity index (χ1v) is 6.50. The van der Waals surface area contributed by atoms with E-state index in [9.17, 15) is 0 Å². The highest BCUT2D eigenvalue weighted by atomic mass is 16.5. The Kier molecular flexibility index (Phi) is 5.72. The van der Waals surface area contributed by atoms with Crippen molar-refractivity contribution in [2.45, 2.75) is 52.8 Å². The number of hydrogen-bond acceptors (Lipinski definition) is 2. The normalized spacial score (nSPS) is 12.0. The molecule has 1 heterocycles. The molecule has 0 atom stereocenters. The quantitative estimate of drug-likeness (QED) is 0.739. The van der Waals surface area contributed by atoms with Crippen molar-refractivity contribution < 1.29 is 4.74 Å². The molecular weight excluding hydrogens is 212 g/mol. The summed E-state index contributed by atoms with van der Waals surface area (Å²) in [4.78, 5) is 0. The van der Waals surface area contributed by atoms with Crippen LogP contribution in [0.2, 0.25) is 0 Å². The summed E-state index contributed by atoms with van der Waals surface area (Å²) < 4.78 is 7.89. The lowest BCUT2D eigenvalue weighted by molar-refractivity contribution is -0.00679. The maximum Gasteiger partial charge on any atom is 0.0652 e. The minimum Gasteiger partial charge on any atom is -0.374 e. The molecule has 0 saturated carbocycles. The van der Waals surface area contributed by atoms with Crippen LogP contribution < -0.4 is 5.32 Å². The molecule has 0 fully saturated rings. The fourth-order valence-electron chi connectivity index (χ4n) is 1.60. The molecule has 0 aliphatic heterocycles. The van der Waals surface area contributed by atoms with Gasteiger partial charge in [0.1, 0.15) is 0 Å². The van der Waals surface area contributed by atoms with Crippen molar-refractivity contribution in [3.05, 3.63) is 24.0 Å². The molecule has 0 bridgehead atoms. The molecule has 0 amide bonds. The van der Waals surface area contributed by atoms with Crippen LogP contribution in [0.3, 0.4) is 0 Å². The van der Waals surface area contributed by atoms with Crippen molar-refractivity contribution in [3.8, 4) is 0 Å². The van der Waals surface area contributed by atoms with Crippen molar-refractivity contribution in [1.82, 2.24) is 9.88 Å². The van der Waals surface area contributed by atoms with Crippen molar-refractivity contribution in [3.63, 3.8) is 0 Å². The summed E-state index contributed by atoms with van der Waals surface area (Å²) in [6.07, 6.45) is 5.49. The Bertz CT molecular complexity index is 312. The summed E-state index contributed by atoms with van der Waals surface area (Å²) in [5, 5.41) is 3.40. The van der Waals surface area contributed by atoms with Crippen LogP contribution in [0.15, 0.2) is 18.5 Å². The van der Waals surface area contributed by atoms with Crippen LogP contribution in [0.4, 0.5) is 0 Å². The summed E-state index contributed by atoms with van der Waals surface area (Å²) in [5.74, 6) is 0. The van der Waals surface area contributed by atoms with E-state index in [1.54, 1.807) is 0 Å². The minimum atomic E-state index is -0.0430. The smallest absolute Gasteiger partial charge is 0.0652 e. The number of hydrogen-bond donors (Lipinski definition) is 1. The Morgan fingerprint density at radius 1 is 1.35 bits per heavy atom. The molecule has 0 aliphatic rings. The Balaban J connectivity index is 2.26. The fraction of sp³-hybridized carbons (Fsp3) is 0.714. The summed E-state index contributed by atoms with van der Waals surface area (Å²) in [6, 6.07) is 2.17. The van der Waals surface area contributed by atoms with Gasteiger partial charge in [0, 0.05) is 25.5 Å². The largest absolute Gasteiger partial charge is 0.374 e. The van der Waals surface area contributed by atoms with Crippen LogP contribution in [-0.4, -0.2) is 23.3 Å². The van der Waals surface area contributed by atoms with Crippen molar-refractivity contribution in [1.29, 1.82) is 0 Å². The van der Waals surface area contributed by atoms with Crippen LogP contribution in [0.1, 0.15) is 39.7 Å². The first kappa shape index (κ1) is 14.3. The molecule has 0 radical (unpaired) electrons. The molecule has 0 saturated heterocycles. The topological polar surface area (TPSA) is 26.2 Å². The third-order valence-electron chi connectivity index (χ3n) is 2.45. The molecule has 0 spiro atoms.